The van der Waals surface area contributed by atoms with Crippen molar-refractivity contribution in [2.45, 2.75) is 70.8 Å². The van der Waals surface area contributed by atoms with Crippen LogP contribution in [-0.2, 0) is 12.8 Å². The molecule has 22 heavy (non-hydrogen) atoms. The normalized spacial score (nSPS) is 40.0. The number of rotatable bonds is 1. The quantitative estimate of drug-likeness (QED) is 0.817. The second-order valence-electron chi connectivity index (χ2n) is 8.09. The van der Waals surface area contributed by atoms with Crippen LogP contribution in [0.4, 0.5) is 0 Å². The molecule has 2 fully saturated rings. The lowest BCUT2D eigenvalue weighted by Crippen LogP contribution is -2.43. The van der Waals surface area contributed by atoms with Crippen molar-refractivity contribution in [1.82, 2.24) is 0 Å². The maximum atomic E-state index is 10.5. The van der Waals surface area contributed by atoms with Crippen LogP contribution >= 0.6 is 0 Å². The largest absolute Gasteiger partial charge is 0.508 e. The summed E-state index contributed by atoms with van der Waals surface area (Å²) >= 11 is 0. The van der Waals surface area contributed by atoms with E-state index < -0.39 is 0 Å². The van der Waals surface area contributed by atoms with Gasteiger partial charge in [-0.1, -0.05) is 19.9 Å². The van der Waals surface area contributed by atoms with Crippen LogP contribution < -0.4 is 0 Å². The van der Waals surface area contributed by atoms with Gasteiger partial charge in [0.05, 0.1) is 6.10 Å². The molecule has 3 aliphatic carbocycles. The van der Waals surface area contributed by atoms with Gasteiger partial charge >= 0.3 is 0 Å². The van der Waals surface area contributed by atoms with Gasteiger partial charge in [0, 0.05) is 0 Å². The van der Waals surface area contributed by atoms with Crippen molar-refractivity contribution in [3.05, 3.63) is 28.8 Å². The summed E-state index contributed by atoms with van der Waals surface area (Å²) in [5.74, 6) is 2.56. The van der Waals surface area contributed by atoms with E-state index in [9.17, 15) is 10.2 Å². The van der Waals surface area contributed by atoms with Crippen LogP contribution in [0.3, 0.4) is 0 Å². The average Bonchev–Trinajstić information content (AvgIpc) is 2.82. The third-order valence-electron chi connectivity index (χ3n) is 7.25. The molecule has 2 saturated carbocycles. The first-order valence-electron chi connectivity index (χ1n) is 9.07. The van der Waals surface area contributed by atoms with Crippen molar-refractivity contribution < 1.29 is 10.2 Å². The first-order chi connectivity index (χ1) is 10.5. The topological polar surface area (TPSA) is 40.5 Å². The highest BCUT2D eigenvalue weighted by molar-refractivity contribution is 5.45. The Morgan fingerprint density at radius 2 is 2.00 bits per heavy atom. The summed E-state index contributed by atoms with van der Waals surface area (Å²) in [7, 11) is 0. The van der Waals surface area contributed by atoms with Gasteiger partial charge in [0.1, 0.15) is 5.75 Å². The average molecular weight is 300 g/mol. The van der Waals surface area contributed by atoms with E-state index in [0.717, 1.165) is 37.2 Å². The number of hydrogen-bond donors (Lipinski definition) is 2. The van der Waals surface area contributed by atoms with E-state index in [1.54, 1.807) is 0 Å². The predicted molar refractivity (Wildman–Crippen MR) is 88.1 cm³/mol. The second-order valence-corrected chi connectivity index (χ2v) is 8.09. The van der Waals surface area contributed by atoms with Gasteiger partial charge in [-0.15, -0.1) is 0 Å². The number of aliphatic hydroxyl groups is 1. The van der Waals surface area contributed by atoms with Gasteiger partial charge < -0.3 is 10.2 Å². The lowest BCUT2D eigenvalue weighted by molar-refractivity contribution is -0.0226. The zero-order valence-electron chi connectivity index (χ0n) is 13.8. The van der Waals surface area contributed by atoms with Crippen LogP contribution in [0, 0.1) is 17.3 Å². The first kappa shape index (κ1) is 14.6. The Labute approximate surface area is 133 Å². The number of hydrogen-bond acceptors (Lipinski definition) is 2. The molecule has 120 valence electrons. The highest BCUT2D eigenvalue weighted by Gasteiger charge is 2.54. The van der Waals surface area contributed by atoms with Gasteiger partial charge in [0.2, 0.25) is 0 Å². The molecule has 4 rings (SSSR count). The van der Waals surface area contributed by atoms with Crippen LogP contribution in [0.1, 0.15) is 68.6 Å². The number of fused-ring (bicyclic) bond motifs is 5. The molecule has 3 aliphatic rings. The number of aliphatic hydroxyl groups excluding tert-OH is 1. The summed E-state index contributed by atoms with van der Waals surface area (Å²) in [6.07, 6.45) is 7.69. The van der Waals surface area contributed by atoms with E-state index in [-0.39, 0.29) is 11.5 Å². The highest BCUT2D eigenvalue weighted by atomic mass is 16.3. The summed E-state index contributed by atoms with van der Waals surface area (Å²) in [4.78, 5) is 0. The maximum absolute atomic E-state index is 10.5. The van der Waals surface area contributed by atoms with Gasteiger partial charge in [-0.2, -0.15) is 0 Å². The lowest BCUT2D eigenvalue weighted by Gasteiger charge is -2.50. The Balaban J connectivity index is 1.72. The fourth-order valence-corrected chi connectivity index (χ4v) is 5.91. The summed E-state index contributed by atoms with van der Waals surface area (Å²) in [5, 5.41) is 20.6. The molecule has 0 amide bonds. The summed E-state index contributed by atoms with van der Waals surface area (Å²) in [6, 6.07) is 4.32. The van der Waals surface area contributed by atoms with Gasteiger partial charge in [-0.3, -0.25) is 0 Å². The Kier molecular flexibility index (Phi) is 3.30. The van der Waals surface area contributed by atoms with Crippen molar-refractivity contribution in [2.24, 2.45) is 17.3 Å². The molecular formula is C20H28O2. The smallest absolute Gasteiger partial charge is 0.119 e. The number of aryl methyl sites for hydroxylation is 2. The van der Waals surface area contributed by atoms with Crippen LogP contribution in [0.25, 0.3) is 0 Å². The van der Waals surface area contributed by atoms with Crippen LogP contribution in [0.2, 0.25) is 0 Å². The second kappa shape index (κ2) is 4.99. The van der Waals surface area contributed by atoms with E-state index in [2.05, 4.69) is 19.9 Å². The molecule has 1 aromatic carbocycles. The van der Waals surface area contributed by atoms with Gasteiger partial charge in [0.25, 0.3) is 0 Å². The lowest BCUT2D eigenvalue weighted by atomic mass is 9.55. The van der Waals surface area contributed by atoms with Gasteiger partial charge in [-0.05, 0) is 90.9 Å². The number of benzene rings is 1. The van der Waals surface area contributed by atoms with Crippen molar-refractivity contribution in [2.75, 3.05) is 0 Å². The summed E-state index contributed by atoms with van der Waals surface area (Å²) in [6.45, 7) is 4.45. The molecule has 0 saturated heterocycles. The minimum absolute atomic E-state index is 0.0918. The molecule has 2 nitrogen and oxygen atoms in total. The number of phenolic OH excluding ortho intramolecular Hbond substituents is 1. The molecular weight excluding hydrogens is 272 g/mol. The molecule has 0 radical (unpaired) electrons. The standard InChI is InChI=1S/C20H28O2/c1-3-12-10-16-13(11-18(12)21)4-5-15-14(16)8-9-20(2)17(15)6-7-19(20)22/h10-11,14-15,17,19,21-22H,3-9H2,1-2H3/t14-,15+,17-,19+,20-/m1/s1. The highest BCUT2D eigenvalue weighted by Crippen LogP contribution is 2.61. The van der Waals surface area contributed by atoms with Gasteiger partial charge in [-0.25, -0.2) is 0 Å². The molecule has 2 heteroatoms. The molecule has 1 aromatic rings. The fourth-order valence-electron chi connectivity index (χ4n) is 5.91. The number of phenols is 1. The van der Waals surface area contributed by atoms with Crippen LogP contribution in [-0.4, -0.2) is 16.3 Å². The van der Waals surface area contributed by atoms with Crippen molar-refractivity contribution >= 4 is 0 Å². The van der Waals surface area contributed by atoms with Gasteiger partial charge in [0.15, 0.2) is 0 Å². The Morgan fingerprint density at radius 3 is 2.77 bits per heavy atom. The van der Waals surface area contributed by atoms with Crippen LogP contribution in [0.15, 0.2) is 12.1 Å². The van der Waals surface area contributed by atoms with E-state index in [1.807, 2.05) is 6.07 Å². The zero-order chi connectivity index (χ0) is 15.5. The maximum Gasteiger partial charge on any atom is 0.119 e. The predicted octanol–water partition coefficient (Wildman–Crippen LogP) is 4.17. The third kappa shape index (κ3) is 1.89. The number of aromatic hydroxyl groups is 1. The van der Waals surface area contributed by atoms with E-state index in [1.165, 1.54) is 30.4 Å². The Hall–Kier alpha value is -1.02. The molecule has 0 aliphatic heterocycles. The summed E-state index contributed by atoms with van der Waals surface area (Å²) in [5.41, 5.74) is 4.13. The molecule has 5 atom stereocenters. The SMILES string of the molecule is CCc1cc2c(cc1O)CC[C@@H]1[C@H]3CC[C@H](O)[C@]3(C)CC[C@@H]21. The molecule has 2 N–H and O–H groups in total. The van der Waals surface area contributed by atoms with E-state index in [0.29, 0.717) is 17.6 Å². The summed E-state index contributed by atoms with van der Waals surface area (Å²) < 4.78 is 0. The third-order valence-corrected chi connectivity index (χ3v) is 7.25. The zero-order valence-corrected chi connectivity index (χ0v) is 13.8. The van der Waals surface area contributed by atoms with Crippen LogP contribution in [0.5, 0.6) is 5.75 Å². The monoisotopic (exact) mass is 300 g/mol. The first-order valence-corrected chi connectivity index (χ1v) is 9.07. The van der Waals surface area contributed by atoms with Crippen molar-refractivity contribution in [1.29, 1.82) is 0 Å². The minimum Gasteiger partial charge on any atom is -0.508 e. The molecule has 0 bridgehead atoms. The Morgan fingerprint density at radius 1 is 1.18 bits per heavy atom. The minimum atomic E-state index is -0.0918. The van der Waals surface area contributed by atoms with E-state index >= 15 is 0 Å². The fraction of sp³-hybridized carbons (Fsp3) is 0.700. The molecule has 0 unspecified atom stereocenters. The van der Waals surface area contributed by atoms with Crippen molar-refractivity contribution in [3.8, 4) is 5.75 Å². The van der Waals surface area contributed by atoms with E-state index in [4.69, 9.17) is 0 Å². The molecule has 0 aromatic heterocycles. The van der Waals surface area contributed by atoms with Crippen molar-refractivity contribution in [3.63, 3.8) is 0 Å². The molecule has 0 spiro atoms. The molecule has 0 heterocycles. The Bertz CT molecular complexity index is 594.